The molecule has 1 saturated heterocycles. The van der Waals surface area contributed by atoms with Crippen molar-refractivity contribution in [2.45, 2.75) is 24.8 Å². The molecule has 0 spiro atoms. The van der Waals surface area contributed by atoms with Gasteiger partial charge < -0.3 is 20.3 Å². The molecule has 6 nitrogen and oxygen atoms in total. The fraction of sp³-hybridized carbons (Fsp3) is 0.818. The zero-order valence-corrected chi connectivity index (χ0v) is 9.52. The average molecular weight is 243 g/mol. The number of aliphatic hydroxyl groups excluding tert-OH is 1. The molecule has 96 valence electrons. The Morgan fingerprint density at radius 2 is 1.94 bits per heavy atom. The number of hydrogen-bond donors (Lipinski definition) is 3. The maximum absolute atomic E-state index is 11.8. The van der Waals surface area contributed by atoms with E-state index in [0.717, 1.165) is 0 Å². The predicted octanol–water partition coefficient (Wildman–Crippen LogP) is -0.635. The van der Waals surface area contributed by atoms with Crippen molar-refractivity contribution >= 4 is 11.9 Å². The number of aliphatic hydroxyl groups is 1. The Bertz CT molecular complexity index is 324. The summed E-state index contributed by atoms with van der Waals surface area (Å²) in [6.45, 7) is 0.883. The van der Waals surface area contributed by atoms with Crippen LogP contribution in [0.25, 0.3) is 0 Å². The largest absolute Gasteiger partial charge is 0.481 e. The molecule has 1 aliphatic heterocycles. The Labute approximate surface area is 99.0 Å². The predicted molar refractivity (Wildman–Crippen MR) is 57.2 cm³/mol. The van der Waals surface area contributed by atoms with E-state index in [0.29, 0.717) is 32.5 Å². The number of aliphatic carboxylic acids is 1. The van der Waals surface area contributed by atoms with E-state index in [4.69, 9.17) is 9.84 Å². The monoisotopic (exact) mass is 243 g/mol. The number of amides is 1. The van der Waals surface area contributed by atoms with Crippen molar-refractivity contribution in [1.29, 1.82) is 0 Å². The second-order valence-corrected chi connectivity index (χ2v) is 4.83. The lowest BCUT2D eigenvalue weighted by molar-refractivity contribution is -0.140. The molecule has 1 saturated carbocycles. The van der Waals surface area contributed by atoms with Crippen molar-refractivity contribution in [2.75, 3.05) is 19.8 Å². The molecular weight excluding hydrogens is 226 g/mol. The first-order valence-electron chi connectivity index (χ1n) is 5.81. The van der Waals surface area contributed by atoms with Gasteiger partial charge in [-0.15, -0.1) is 0 Å². The molecule has 2 atom stereocenters. The molecule has 2 rings (SSSR count). The summed E-state index contributed by atoms with van der Waals surface area (Å²) < 4.78 is 5.19. The van der Waals surface area contributed by atoms with Gasteiger partial charge in [-0.3, -0.25) is 9.59 Å². The van der Waals surface area contributed by atoms with Gasteiger partial charge in [0.25, 0.3) is 0 Å². The van der Waals surface area contributed by atoms with Crippen LogP contribution in [0.2, 0.25) is 0 Å². The van der Waals surface area contributed by atoms with Gasteiger partial charge in [-0.25, -0.2) is 0 Å². The summed E-state index contributed by atoms with van der Waals surface area (Å²) in [5.74, 6) is -2.16. The molecule has 0 aromatic rings. The van der Waals surface area contributed by atoms with E-state index >= 15 is 0 Å². The lowest BCUT2D eigenvalue weighted by Crippen LogP contribution is -2.55. The highest BCUT2D eigenvalue weighted by atomic mass is 16.5. The van der Waals surface area contributed by atoms with Crippen molar-refractivity contribution in [3.8, 4) is 0 Å². The minimum Gasteiger partial charge on any atom is -0.481 e. The first-order valence-corrected chi connectivity index (χ1v) is 5.81. The summed E-state index contributed by atoms with van der Waals surface area (Å²) in [6, 6.07) is 0. The number of carbonyl (C=O) groups is 2. The quantitative estimate of drug-likeness (QED) is 0.610. The molecule has 0 radical (unpaired) electrons. The fourth-order valence-corrected chi connectivity index (χ4v) is 2.20. The standard InChI is InChI=1S/C11H17NO5/c13-6-11(1-3-17-4-2-11)12-9(14)7-5-8(7)10(15)16/h7-8,13H,1-6H2,(H,12,14)(H,15,16)/t7-,8+/m1/s1. The van der Waals surface area contributed by atoms with Crippen LogP contribution in [0.5, 0.6) is 0 Å². The van der Waals surface area contributed by atoms with Gasteiger partial charge in [-0.2, -0.15) is 0 Å². The summed E-state index contributed by atoms with van der Waals surface area (Å²) in [5, 5.41) is 20.9. The third-order valence-corrected chi connectivity index (χ3v) is 3.59. The van der Waals surface area contributed by atoms with Gasteiger partial charge in [0.1, 0.15) is 0 Å². The van der Waals surface area contributed by atoms with Gasteiger partial charge >= 0.3 is 5.97 Å². The summed E-state index contributed by atoms with van der Waals surface area (Å²) in [7, 11) is 0. The molecule has 0 aromatic heterocycles. The smallest absolute Gasteiger partial charge is 0.307 e. The van der Waals surface area contributed by atoms with E-state index in [2.05, 4.69) is 5.32 Å². The minimum absolute atomic E-state index is 0.132. The highest BCUT2D eigenvalue weighted by Gasteiger charge is 2.50. The third kappa shape index (κ3) is 2.58. The Kier molecular flexibility index (Phi) is 3.35. The van der Waals surface area contributed by atoms with Crippen molar-refractivity contribution in [1.82, 2.24) is 5.32 Å². The molecule has 1 aliphatic carbocycles. The Hall–Kier alpha value is -1.14. The van der Waals surface area contributed by atoms with E-state index in [-0.39, 0.29) is 12.5 Å². The number of carboxylic acid groups (broad SMARTS) is 1. The number of rotatable bonds is 4. The highest BCUT2D eigenvalue weighted by molar-refractivity contribution is 5.89. The third-order valence-electron chi connectivity index (χ3n) is 3.59. The summed E-state index contributed by atoms with van der Waals surface area (Å²) in [5.41, 5.74) is -0.624. The van der Waals surface area contributed by atoms with Crippen LogP contribution in [0.3, 0.4) is 0 Å². The number of ether oxygens (including phenoxy) is 1. The minimum atomic E-state index is -0.921. The molecule has 1 heterocycles. The lowest BCUT2D eigenvalue weighted by atomic mass is 9.90. The van der Waals surface area contributed by atoms with Crippen LogP contribution >= 0.6 is 0 Å². The molecule has 1 amide bonds. The highest BCUT2D eigenvalue weighted by Crippen LogP contribution is 2.39. The van der Waals surface area contributed by atoms with Gasteiger partial charge in [0.2, 0.25) is 5.91 Å². The summed E-state index contributed by atoms with van der Waals surface area (Å²) in [4.78, 5) is 22.5. The first kappa shape index (κ1) is 12.3. The van der Waals surface area contributed by atoms with Gasteiger partial charge in [-0.05, 0) is 19.3 Å². The molecule has 0 bridgehead atoms. The van der Waals surface area contributed by atoms with Crippen molar-refractivity contribution < 1.29 is 24.5 Å². The van der Waals surface area contributed by atoms with Crippen LogP contribution in [0.4, 0.5) is 0 Å². The zero-order chi connectivity index (χ0) is 12.5. The molecule has 0 aromatic carbocycles. The van der Waals surface area contributed by atoms with Crippen LogP contribution < -0.4 is 5.32 Å². The van der Waals surface area contributed by atoms with E-state index in [1.165, 1.54) is 0 Å². The topological polar surface area (TPSA) is 95.9 Å². The van der Waals surface area contributed by atoms with Crippen molar-refractivity contribution in [3.05, 3.63) is 0 Å². The molecule has 6 heteroatoms. The van der Waals surface area contributed by atoms with Crippen molar-refractivity contribution in [3.63, 3.8) is 0 Å². The number of nitrogens with one attached hydrogen (secondary N) is 1. The number of hydrogen-bond acceptors (Lipinski definition) is 4. The van der Waals surface area contributed by atoms with Crippen molar-refractivity contribution in [2.24, 2.45) is 11.8 Å². The van der Waals surface area contributed by atoms with E-state index in [1.807, 2.05) is 0 Å². The van der Waals surface area contributed by atoms with Crippen LogP contribution in [0, 0.1) is 11.8 Å². The maximum atomic E-state index is 11.8. The fourth-order valence-electron chi connectivity index (χ4n) is 2.20. The Morgan fingerprint density at radius 1 is 1.29 bits per heavy atom. The number of carboxylic acids is 1. The second-order valence-electron chi connectivity index (χ2n) is 4.83. The van der Waals surface area contributed by atoms with Gasteiger partial charge in [-0.1, -0.05) is 0 Å². The number of carbonyl (C=O) groups excluding carboxylic acids is 1. The maximum Gasteiger partial charge on any atom is 0.307 e. The van der Waals surface area contributed by atoms with Crippen LogP contribution in [0.15, 0.2) is 0 Å². The Balaban J connectivity index is 1.91. The average Bonchev–Trinajstić information content (AvgIpc) is 3.10. The lowest BCUT2D eigenvalue weighted by Gasteiger charge is -2.36. The van der Waals surface area contributed by atoms with E-state index < -0.39 is 23.3 Å². The van der Waals surface area contributed by atoms with Gasteiger partial charge in [0.05, 0.1) is 24.0 Å². The van der Waals surface area contributed by atoms with Gasteiger partial charge in [0, 0.05) is 13.2 Å². The zero-order valence-electron chi connectivity index (χ0n) is 9.52. The molecular formula is C11H17NO5. The molecule has 17 heavy (non-hydrogen) atoms. The summed E-state index contributed by atoms with van der Waals surface area (Å²) in [6.07, 6.45) is 1.54. The molecule has 3 N–H and O–H groups in total. The first-order chi connectivity index (χ1) is 8.08. The van der Waals surface area contributed by atoms with Crippen LogP contribution in [-0.2, 0) is 14.3 Å². The van der Waals surface area contributed by atoms with Crippen LogP contribution in [0.1, 0.15) is 19.3 Å². The molecule has 0 unspecified atom stereocenters. The van der Waals surface area contributed by atoms with Crippen LogP contribution in [-0.4, -0.2) is 47.4 Å². The van der Waals surface area contributed by atoms with Gasteiger partial charge in [0.15, 0.2) is 0 Å². The molecule has 2 aliphatic rings. The Morgan fingerprint density at radius 3 is 2.41 bits per heavy atom. The second kappa shape index (κ2) is 4.62. The normalized spacial score (nSPS) is 30.6. The van der Waals surface area contributed by atoms with E-state index in [9.17, 15) is 14.7 Å². The van der Waals surface area contributed by atoms with E-state index in [1.54, 1.807) is 0 Å². The summed E-state index contributed by atoms with van der Waals surface area (Å²) >= 11 is 0. The SMILES string of the molecule is O=C(O)[C@H]1C[C@H]1C(=O)NC1(CO)CCOCC1. The molecule has 2 fully saturated rings.